The molecule has 0 amide bonds. The van der Waals surface area contributed by atoms with Crippen molar-refractivity contribution in [2.75, 3.05) is 6.61 Å². The van der Waals surface area contributed by atoms with Crippen LogP contribution in [0.15, 0.2) is 12.1 Å². The maximum atomic E-state index is 13.4. The maximum absolute atomic E-state index is 13.4. The molecule has 1 atom stereocenters. The van der Waals surface area contributed by atoms with Gasteiger partial charge in [-0.15, -0.1) is 0 Å². The molecule has 5 nitrogen and oxygen atoms in total. The first kappa shape index (κ1) is 12.5. The largest absolute Gasteiger partial charge is 0.307 e. The normalized spacial score (nSPS) is 12.5. The average molecular weight is 232 g/mol. The second kappa shape index (κ2) is 4.95. The Morgan fingerprint density at radius 1 is 1.50 bits per heavy atom. The van der Waals surface area contributed by atoms with Crippen LogP contribution in [0, 0.1) is 21.7 Å². The van der Waals surface area contributed by atoms with E-state index in [1.54, 1.807) is 6.92 Å². The highest BCUT2D eigenvalue weighted by molar-refractivity contribution is 5.37. The minimum absolute atomic E-state index is 0.00578. The summed E-state index contributed by atoms with van der Waals surface area (Å²) >= 11 is 0. The van der Waals surface area contributed by atoms with Gasteiger partial charge < -0.3 is 4.84 Å². The quantitative estimate of drug-likeness (QED) is 0.634. The minimum atomic E-state index is -1.08. The summed E-state index contributed by atoms with van der Waals surface area (Å²) in [4.78, 5) is 13.7. The fourth-order valence-corrected chi connectivity index (χ4v) is 1.30. The lowest BCUT2D eigenvalue weighted by Gasteiger charge is -2.11. The van der Waals surface area contributed by atoms with Crippen molar-refractivity contribution >= 4 is 5.69 Å². The van der Waals surface area contributed by atoms with Gasteiger partial charge in [-0.05, 0) is 11.6 Å². The zero-order valence-electron chi connectivity index (χ0n) is 8.44. The van der Waals surface area contributed by atoms with Gasteiger partial charge >= 0.3 is 5.69 Å². The maximum Gasteiger partial charge on any atom is 0.307 e. The summed E-state index contributed by atoms with van der Waals surface area (Å²) in [7, 11) is 0. The third kappa shape index (κ3) is 2.50. The van der Waals surface area contributed by atoms with Crippen LogP contribution < -0.4 is 5.90 Å². The lowest BCUT2D eigenvalue weighted by molar-refractivity contribution is -0.387. The van der Waals surface area contributed by atoms with Gasteiger partial charge in [0.05, 0.1) is 17.6 Å². The van der Waals surface area contributed by atoms with E-state index in [1.807, 2.05) is 0 Å². The second-order valence-corrected chi connectivity index (χ2v) is 3.32. The van der Waals surface area contributed by atoms with E-state index in [0.717, 1.165) is 6.07 Å². The molecule has 0 saturated heterocycles. The Bertz CT molecular complexity index is 412. The Labute approximate surface area is 89.9 Å². The molecule has 0 aliphatic heterocycles. The van der Waals surface area contributed by atoms with Gasteiger partial charge in [-0.2, -0.15) is 4.39 Å². The molecule has 1 unspecified atom stereocenters. The average Bonchev–Trinajstić information content (AvgIpc) is 2.20. The van der Waals surface area contributed by atoms with Gasteiger partial charge in [0, 0.05) is 5.92 Å². The molecule has 0 aliphatic rings. The Hall–Kier alpha value is -1.60. The van der Waals surface area contributed by atoms with Crippen LogP contribution >= 0.6 is 0 Å². The van der Waals surface area contributed by atoms with Gasteiger partial charge in [-0.25, -0.2) is 10.3 Å². The first-order chi connectivity index (χ1) is 7.47. The standard InChI is InChI=1S/C9H10F2N2O3/c1-5(4-16-12)6-2-8(11)9(13(14)15)3-7(6)10/h2-3,5H,4,12H2,1H3. The molecule has 7 heteroatoms. The van der Waals surface area contributed by atoms with Crippen LogP contribution in [0.4, 0.5) is 14.5 Å². The lowest BCUT2D eigenvalue weighted by Crippen LogP contribution is -2.10. The predicted octanol–water partition coefficient (Wildman–Crippen LogP) is 1.87. The van der Waals surface area contributed by atoms with Crippen LogP contribution in [0.1, 0.15) is 18.4 Å². The molecular formula is C9H10F2N2O3. The molecule has 0 aromatic heterocycles. The van der Waals surface area contributed by atoms with Gasteiger partial charge in [0.1, 0.15) is 5.82 Å². The van der Waals surface area contributed by atoms with Crippen LogP contribution in [0.5, 0.6) is 0 Å². The summed E-state index contributed by atoms with van der Waals surface area (Å²) in [5.41, 5.74) is -0.893. The van der Waals surface area contributed by atoms with Gasteiger partial charge in [0.25, 0.3) is 0 Å². The number of nitro groups is 1. The molecule has 1 rings (SSSR count). The minimum Gasteiger partial charge on any atom is -0.304 e. The molecule has 0 bridgehead atoms. The Morgan fingerprint density at radius 2 is 2.12 bits per heavy atom. The first-order valence-corrected chi connectivity index (χ1v) is 4.42. The van der Waals surface area contributed by atoms with Gasteiger partial charge in [-0.3, -0.25) is 10.1 Å². The monoisotopic (exact) mass is 232 g/mol. The van der Waals surface area contributed by atoms with Crippen molar-refractivity contribution in [2.45, 2.75) is 12.8 Å². The van der Waals surface area contributed by atoms with Crippen molar-refractivity contribution in [1.82, 2.24) is 0 Å². The molecule has 2 N–H and O–H groups in total. The summed E-state index contributed by atoms with van der Waals surface area (Å²) in [6.07, 6.45) is 0. The second-order valence-electron chi connectivity index (χ2n) is 3.32. The third-order valence-electron chi connectivity index (χ3n) is 2.14. The smallest absolute Gasteiger partial charge is 0.304 e. The van der Waals surface area contributed by atoms with Crippen molar-refractivity contribution in [3.05, 3.63) is 39.4 Å². The summed E-state index contributed by atoms with van der Waals surface area (Å²) in [5.74, 6) is 2.39. The van der Waals surface area contributed by atoms with E-state index in [4.69, 9.17) is 5.90 Å². The van der Waals surface area contributed by atoms with Gasteiger partial charge in [-0.1, -0.05) is 6.92 Å². The van der Waals surface area contributed by atoms with Crippen molar-refractivity contribution in [2.24, 2.45) is 5.90 Å². The van der Waals surface area contributed by atoms with Crippen molar-refractivity contribution in [1.29, 1.82) is 0 Å². The van der Waals surface area contributed by atoms with Crippen LogP contribution in [0.25, 0.3) is 0 Å². The molecule has 0 aliphatic carbocycles. The fraction of sp³-hybridized carbons (Fsp3) is 0.333. The van der Waals surface area contributed by atoms with E-state index in [9.17, 15) is 18.9 Å². The van der Waals surface area contributed by atoms with E-state index in [0.29, 0.717) is 6.07 Å². The number of nitrogens with two attached hydrogens (primary N) is 1. The molecule has 0 fully saturated rings. The van der Waals surface area contributed by atoms with E-state index in [-0.39, 0.29) is 12.2 Å². The Balaban J connectivity index is 3.15. The van der Waals surface area contributed by atoms with E-state index >= 15 is 0 Å². The van der Waals surface area contributed by atoms with E-state index in [1.165, 1.54) is 0 Å². The summed E-state index contributed by atoms with van der Waals surface area (Å²) < 4.78 is 26.6. The lowest BCUT2D eigenvalue weighted by atomic mass is 10.0. The van der Waals surface area contributed by atoms with Crippen LogP contribution in [-0.2, 0) is 4.84 Å². The van der Waals surface area contributed by atoms with Crippen LogP contribution in [0.3, 0.4) is 0 Å². The molecular weight excluding hydrogens is 222 g/mol. The number of hydrogen-bond donors (Lipinski definition) is 1. The van der Waals surface area contributed by atoms with Gasteiger partial charge in [0.15, 0.2) is 0 Å². The van der Waals surface area contributed by atoms with E-state index in [2.05, 4.69) is 4.84 Å². The number of halogens is 2. The third-order valence-corrected chi connectivity index (χ3v) is 2.14. The molecule has 0 saturated carbocycles. The molecule has 88 valence electrons. The number of nitrogens with zero attached hydrogens (tertiary/aromatic N) is 1. The molecule has 0 spiro atoms. The number of hydrogen-bond acceptors (Lipinski definition) is 4. The van der Waals surface area contributed by atoms with E-state index < -0.39 is 28.2 Å². The summed E-state index contributed by atoms with van der Waals surface area (Å²) in [6.45, 7) is 1.56. The molecule has 0 radical (unpaired) electrons. The topological polar surface area (TPSA) is 78.4 Å². The number of nitro benzene ring substituents is 1. The predicted molar refractivity (Wildman–Crippen MR) is 51.6 cm³/mol. The molecule has 1 aromatic carbocycles. The number of rotatable bonds is 4. The summed E-state index contributed by atoms with van der Waals surface area (Å²) in [5, 5.41) is 10.3. The summed E-state index contributed by atoms with van der Waals surface area (Å²) in [6, 6.07) is 1.34. The Morgan fingerprint density at radius 3 is 2.62 bits per heavy atom. The highest BCUT2D eigenvalue weighted by Gasteiger charge is 2.21. The molecule has 0 heterocycles. The zero-order chi connectivity index (χ0) is 12.3. The first-order valence-electron chi connectivity index (χ1n) is 4.42. The Kier molecular flexibility index (Phi) is 3.86. The van der Waals surface area contributed by atoms with Crippen molar-refractivity contribution < 1.29 is 18.5 Å². The van der Waals surface area contributed by atoms with Crippen LogP contribution in [0.2, 0.25) is 0 Å². The highest BCUT2D eigenvalue weighted by atomic mass is 19.1. The van der Waals surface area contributed by atoms with Gasteiger partial charge in [0.2, 0.25) is 5.82 Å². The van der Waals surface area contributed by atoms with Crippen molar-refractivity contribution in [3.63, 3.8) is 0 Å². The SMILES string of the molecule is CC(CON)c1cc(F)c([N+](=O)[O-])cc1F. The molecule has 16 heavy (non-hydrogen) atoms. The highest BCUT2D eigenvalue weighted by Crippen LogP contribution is 2.26. The zero-order valence-corrected chi connectivity index (χ0v) is 8.44. The van der Waals surface area contributed by atoms with Crippen LogP contribution in [-0.4, -0.2) is 11.5 Å². The number of benzene rings is 1. The fourth-order valence-electron chi connectivity index (χ4n) is 1.30. The molecule has 1 aromatic rings. The van der Waals surface area contributed by atoms with Crippen molar-refractivity contribution in [3.8, 4) is 0 Å².